The van der Waals surface area contributed by atoms with Gasteiger partial charge in [-0.15, -0.1) is 5.10 Å². The van der Waals surface area contributed by atoms with Crippen molar-refractivity contribution in [1.29, 1.82) is 0 Å². The minimum atomic E-state index is -0.514. The molecule has 0 amide bonds. The summed E-state index contributed by atoms with van der Waals surface area (Å²) in [6.45, 7) is 0. The van der Waals surface area contributed by atoms with E-state index in [1.807, 2.05) is 0 Å². The molecule has 0 aliphatic rings. The Balaban J connectivity index is 2.55. The summed E-state index contributed by atoms with van der Waals surface area (Å²) in [5, 5.41) is 18.2. The summed E-state index contributed by atoms with van der Waals surface area (Å²) in [7, 11) is 0. The van der Waals surface area contributed by atoms with Crippen LogP contribution < -0.4 is 5.73 Å². The van der Waals surface area contributed by atoms with Gasteiger partial charge in [0.15, 0.2) is 5.82 Å². The van der Waals surface area contributed by atoms with Gasteiger partial charge in [0.25, 0.3) is 5.69 Å². The fraction of sp³-hybridized carbons (Fsp3) is 0. The number of anilines is 1. The highest BCUT2D eigenvalue weighted by molar-refractivity contribution is 6.32. The predicted molar refractivity (Wildman–Crippen MR) is 57.4 cm³/mol. The van der Waals surface area contributed by atoms with E-state index < -0.39 is 4.92 Å². The van der Waals surface area contributed by atoms with Crippen LogP contribution in [0.25, 0.3) is 5.69 Å². The average molecular weight is 240 g/mol. The van der Waals surface area contributed by atoms with Crippen molar-refractivity contribution in [2.45, 2.75) is 0 Å². The third-order valence-corrected chi connectivity index (χ3v) is 2.22. The van der Waals surface area contributed by atoms with Crippen LogP contribution in [0.1, 0.15) is 0 Å². The standard InChI is InChI=1S/C8H6ClN5O2/c9-6-2-1-5(14(15)16)3-7(6)13-4-8(10)11-12-13/h1-4H,10H2. The van der Waals surface area contributed by atoms with E-state index in [1.54, 1.807) is 0 Å². The summed E-state index contributed by atoms with van der Waals surface area (Å²) < 4.78 is 1.28. The zero-order chi connectivity index (χ0) is 11.7. The van der Waals surface area contributed by atoms with Crippen LogP contribution in [0.15, 0.2) is 24.4 Å². The normalized spacial score (nSPS) is 10.3. The number of nitrogens with zero attached hydrogens (tertiary/aromatic N) is 4. The number of nitro benzene ring substituents is 1. The predicted octanol–water partition coefficient (Wildman–Crippen LogP) is 1.41. The maximum atomic E-state index is 10.6. The number of halogens is 1. The van der Waals surface area contributed by atoms with Gasteiger partial charge in [0.1, 0.15) is 0 Å². The molecule has 0 saturated heterocycles. The lowest BCUT2D eigenvalue weighted by Gasteiger charge is -2.02. The smallest absolute Gasteiger partial charge is 0.271 e. The minimum absolute atomic E-state index is 0.0755. The number of rotatable bonds is 2. The number of nitrogen functional groups attached to an aromatic ring is 1. The van der Waals surface area contributed by atoms with Crippen LogP contribution in [-0.4, -0.2) is 19.9 Å². The number of nitrogens with two attached hydrogens (primary N) is 1. The lowest BCUT2D eigenvalue weighted by atomic mass is 10.3. The van der Waals surface area contributed by atoms with Crippen molar-refractivity contribution in [1.82, 2.24) is 15.0 Å². The molecule has 0 radical (unpaired) electrons. The topological polar surface area (TPSA) is 99.9 Å². The first-order chi connectivity index (χ1) is 7.58. The van der Waals surface area contributed by atoms with Crippen molar-refractivity contribution in [2.75, 3.05) is 5.73 Å². The number of aromatic nitrogens is 3. The van der Waals surface area contributed by atoms with Crippen LogP contribution in [-0.2, 0) is 0 Å². The number of non-ortho nitro benzene ring substituents is 1. The molecule has 0 aliphatic heterocycles. The van der Waals surface area contributed by atoms with Gasteiger partial charge in [-0.3, -0.25) is 10.1 Å². The second-order valence-electron chi connectivity index (χ2n) is 2.98. The molecule has 0 saturated carbocycles. The summed E-state index contributed by atoms with van der Waals surface area (Å²) in [6, 6.07) is 4.04. The molecule has 1 heterocycles. The van der Waals surface area contributed by atoms with Crippen molar-refractivity contribution in [3.05, 3.63) is 39.5 Å². The second kappa shape index (κ2) is 3.78. The number of nitro groups is 1. The van der Waals surface area contributed by atoms with Crippen molar-refractivity contribution in [3.63, 3.8) is 0 Å². The minimum Gasteiger partial charge on any atom is -0.381 e. The van der Waals surface area contributed by atoms with Crippen LogP contribution in [0.3, 0.4) is 0 Å². The summed E-state index contributed by atoms with van der Waals surface area (Å²) >= 11 is 5.89. The van der Waals surface area contributed by atoms with E-state index in [4.69, 9.17) is 17.3 Å². The number of hydrogen-bond acceptors (Lipinski definition) is 5. The molecule has 2 aromatic rings. The van der Waals surface area contributed by atoms with Gasteiger partial charge in [-0.1, -0.05) is 16.8 Å². The maximum absolute atomic E-state index is 10.6. The average Bonchev–Trinajstić information content (AvgIpc) is 2.65. The second-order valence-corrected chi connectivity index (χ2v) is 3.39. The molecule has 82 valence electrons. The molecule has 0 atom stereocenters. The summed E-state index contributed by atoms with van der Waals surface area (Å²) in [6.07, 6.45) is 1.42. The lowest BCUT2D eigenvalue weighted by molar-refractivity contribution is -0.384. The van der Waals surface area contributed by atoms with E-state index in [-0.39, 0.29) is 11.5 Å². The maximum Gasteiger partial charge on any atom is 0.271 e. The van der Waals surface area contributed by atoms with Crippen molar-refractivity contribution in [2.24, 2.45) is 0 Å². The Morgan fingerprint density at radius 2 is 2.25 bits per heavy atom. The molecule has 8 heteroatoms. The van der Waals surface area contributed by atoms with E-state index >= 15 is 0 Å². The van der Waals surface area contributed by atoms with Gasteiger partial charge in [-0.05, 0) is 6.07 Å². The van der Waals surface area contributed by atoms with Crippen LogP contribution in [0, 0.1) is 10.1 Å². The van der Waals surface area contributed by atoms with E-state index in [1.165, 1.54) is 29.1 Å². The van der Waals surface area contributed by atoms with Crippen LogP contribution >= 0.6 is 11.6 Å². The Kier molecular flexibility index (Phi) is 2.45. The van der Waals surface area contributed by atoms with Crippen LogP contribution in [0.4, 0.5) is 11.5 Å². The molecular weight excluding hydrogens is 234 g/mol. The largest absolute Gasteiger partial charge is 0.381 e. The highest BCUT2D eigenvalue weighted by atomic mass is 35.5. The first-order valence-electron chi connectivity index (χ1n) is 4.20. The van der Waals surface area contributed by atoms with Gasteiger partial charge in [0, 0.05) is 12.1 Å². The highest BCUT2D eigenvalue weighted by Gasteiger charge is 2.12. The molecule has 2 rings (SSSR count). The third-order valence-electron chi connectivity index (χ3n) is 1.90. The van der Waals surface area contributed by atoms with Gasteiger partial charge in [0.2, 0.25) is 0 Å². The molecule has 0 bridgehead atoms. The first kappa shape index (κ1) is 10.4. The van der Waals surface area contributed by atoms with Gasteiger partial charge in [0.05, 0.1) is 21.8 Å². The third kappa shape index (κ3) is 1.80. The Morgan fingerprint density at radius 3 is 2.81 bits per heavy atom. The molecular formula is C8H6ClN5O2. The molecule has 0 unspecified atom stereocenters. The van der Waals surface area contributed by atoms with Crippen molar-refractivity contribution in [3.8, 4) is 5.69 Å². The zero-order valence-corrected chi connectivity index (χ0v) is 8.63. The van der Waals surface area contributed by atoms with Crippen LogP contribution in [0.2, 0.25) is 5.02 Å². The lowest BCUT2D eigenvalue weighted by Crippen LogP contribution is -1.98. The van der Waals surface area contributed by atoms with E-state index in [9.17, 15) is 10.1 Å². The van der Waals surface area contributed by atoms with E-state index in [2.05, 4.69) is 10.3 Å². The molecule has 2 N–H and O–H groups in total. The molecule has 16 heavy (non-hydrogen) atoms. The fourth-order valence-corrected chi connectivity index (χ4v) is 1.39. The molecule has 1 aromatic carbocycles. The molecule has 0 aliphatic carbocycles. The quantitative estimate of drug-likeness (QED) is 0.631. The fourth-order valence-electron chi connectivity index (χ4n) is 1.18. The molecule has 1 aromatic heterocycles. The van der Waals surface area contributed by atoms with Gasteiger partial charge >= 0.3 is 0 Å². The van der Waals surface area contributed by atoms with Crippen molar-refractivity contribution >= 4 is 23.1 Å². The van der Waals surface area contributed by atoms with Gasteiger partial charge in [-0.25, -0.2) is 4.68 Å². The first-order valence-corrected chi connectivity index (χ1v) is 4.58. The summed E-state index contributed by atoms with van der Waals surface area (Å²) in [5.41, 5.74) is 5.68. The Hall–Kier alpha value is -2.15. The number of benzene rings is 1. The van der Waals surface area contributed by atoms with E-state index in [0.29, 0.717) is 10.7 Å². The summed E-state index contributed by atoms with van der Waals surface area (Å²) in [5.74, 6) is 0.211. The molecule has 7 nitrogen and oxygen atoms in total. The zero-order valence-electron chi connectivity index (χ0n) is 7.87. The van der Waals surface area contributed by atoms with Gasteiger partial charge in [-0.2, -0.15) is 0 Å². The Bertz CT molecular complexity index is 553. The number of hydrogen-bond donors (Lipinski definition) is 1. The highest BCUT2D eigenvalue weighted by Crippen LogP contribution is 2.24. The van der Waals surface area contributed by atoms with Crippen molar-refractivity contribution < 1.29 is 4.92 Å². The SMILES string of the molecule is Nc1cn(-c2cc([N+](=O)[O-])ccc2Cl)nn1. The monoisotopic (exact) mass is 239 g/mol. The van der Waals surface area contributed by atoms with Crippen LogP contribution in [0.5, 0.6) is 0 Å². The Labute approximate surface area is 94.6 Å². The summed E-state index contributed by atoms with van der Waals surface area (Å²) in [4.78, 5) is 10.1. The van der Waals surface area contributed by atoms with Gasteiger partial charge < -0.3 is 5.73 Å². The molecule has 0 spiro atoms. The van der Waals surface area contributed by atoms with E-state index in [0.717, 1.165) is 0 Å². The Morgan fingerprint density at radius 1 is 1.50 bits per heavy atom. The molecule has 0 fully saturated rings.